The van der Waals surface area contributed by atoms with Crippen molar-refractivity contribution in [2.24, 2.45) is 0 Å². The first-order valence-corrected chi connectivity index (χ1v) is 3.44. The van der Waals surface area contributed by atoms with Gasteiger partial charge in [0.05, 0.1) is 12.5 Å². The van der Waals surface area contributed by atoms with E-state index in [2.05, 4.69) is 10.2 Å². The number of aromatic amines is 1. The highest BCUT2D eigenvalue weighted by molar-refractivity contribution is 5.19. The SMILES string of the molecule is C1=COC(c2cn[nH]c2)C=C1. The third kappa shape index (κ3) is 1.17. The fourth-order valence-corrected chi connectivity index (χ4v) is 0.992. The molecule has 1 unspecified atom stereocenters. The first-order valence-electron chi connectivity index (χ1n) is 3.44. The molecular weight excluding hydrogens is 140 g/mol. The second kappa shape index (κ2) is 2.62. The quantitative estimate of drug-likeness (QED) is 0.656. The molecule has 2 heterocycles. The average molecular weight is 148 g/mol. The van der Waals surface area contributed by atoms with Crippen molar-refractivity contribution < 1.29 is 4.74 Å². The van der Waals surface area contributed by atoms with Crippen molar-refractivity contribution in [3.8, 4) is 0 Å². The molecule has 1 aliphatic heterocycles. The molecule has 56 valence electrons. The molecule has 2 rings (SSSR count). The van der Waals surface area contributed by atoms with E-state index in [4.69, 9.17) is 4.74 Å². The fraction of sp³-hybridized carbons (Fsp3) is 0.125. The molecule has 3 heteroatoms. The van der Waals surface area contributed by atoms with E-state index in [-0.39, 0.29) is 6.10 Å². The molecular formula is C8H8N2O. The van der Waals surface area contributed by atoms with Crippen LogP contribution >= 0.6 is 0 Å². The highest BCUT2D eigenvalue weighted by atomic mass is 16.5. The van der Waals surface area contributed by atoms with Crippen LogP contribution in [0.25, 0.3) is 0 Å². The summed E-state index contributed by atoms with van der Waals surface area (Å²) in [5, 5.41) is 6.57. The van der Waals surface area contributed by atoms with Gasteiger partial charge >= 0.3 is 0 Å². The van der Waals surface area contributed by atoms with Crippen LogP contribution in [0.1, 0.15) is 11.7 Å². The van der Waals surface area contributed by atoms with Crippen molar-refractivity contribution >= 4 is 0 Å². The maximum atomic E-state index is 5.29. The lowest BCUT2D eigenvalue weighted by Crippen LogP contribution is -1.97. The molecule has 0 spiro atoms. The Labute approximate surface area is 64.4 Å². The van der Waals surface area contributed by atoms with E-state index in [9.17, 15) is 0 Å². The van der Waals surface area contributed by atoms with Gasteiger partial charge in [0, 0.05) is 11.8 Å². The second-order valence-electron chi connectivity index (χ2n) is 2.30. The van der Waals surface area contributed by atoms with E-state index in [0.29, 0.717) is 0 Å². The van der Waals surface area contributed by atoms with Crippen molar-refractivity contribution in [3.63, 3.8) is 0 Å². The summed E-state index contributed by atoms with van der Waals surface area (Å²) in [7, 11) is 0. The summed E-state index contributed by atoms with van der Waals surface area (Å²) >= 11 is 0. The van der Waals surface area contributed by atoms with Crippen LogP contribution in [-0.2, 0) is 4.74 Å². The molecule has 0 amide bonds. The Morgan fingerprint density at radius 3 is 3.09 bits per heavy atom. The maximum Gasteiger partial charge on any atom is 0.144 e. The number of nitrogens with zero attached hydrogens (tertiary/aromatic N) is 1. The number of H-pyrrole nitrogens is 1. The summed E-state index contributed by atoms with van der Waals surface area (Å²) in [5.41, 5.74) is 1.05. The molecule has 0 radical (unpaired) electrons. The van der Waals surface area contributed by atoms with Crippen molar-refractivity contribution in [2.45, 2.75) is 6.10 Å². The summed E-state index contributed by atoms with van der Waals surface area (Å²) < 4.78 is 5.29. The first kappa shape index (κ1) is 6.22. The van der Waals surface area contributed by atoms with Gasteiger partial charge in [-0.3, -0.25) is 5.10 Å². The number of ether oxygens (including phenoxy) is 1. The number of nitrogens with one attached hydrogen (secondary N) is 1. The zero-order valence-electron chi connectivity index (χ0n) is 5.90. The van der Waals surface area contributed by atoms with Gasteiger partial charge in [0.15, 0.2) is 0 Å². The van der Waals surface area contributed by atoms with Crippen molar-refractivity contribution in [2.75, 3.05) is 0 Å². The van der Waals surface area contributed by atoms with Crippen LogP contribution in [-0.4, -0.2) is 10.2 Å². The Kier molecular flexibility index (Phi) is 1.48. The molecule has 11 heavy (non-hydrogen) atoms. The largest absolute Gasteiger partial charge is 0.489 e. The van der Waals surface area contributed by atoms with Gasteiger partial charge in [-0.1, -0.05) is 6.08 Å². The predicted octanol–water partition coefficient (Wildman–Crippen LogP) is 1.55. The molecule has 1 aromatic heterocycles. The van der Waals surface area contributed by atoms with E-state index in [1.807, 2.05) is 24.4 Å². The van der Waals surface area contributed by atoms with Crippen LogP contribution in [0.5, 0.6) is 0 Å². The normalized spacial score (nSPS) is 21.6. The van der Waals surface area contributed by atoms with Crippen molar-refractivity contribution in [1.29, 1.82) is 0 Å². The molecule has 0 bridgehead atoms. The van der Waals surface area contributed by atoms with Crippen LogP contribution in [0.3, 0.4) is 0 Å². The lowest BCUT2D eigenvalue weighted by molar-refractivity contribution is 0.186. The van der Waals surface area contributed by atoms with E-state index >= 15 is 0 Å². The van der Waals surface area contributed by atoms with E-state index < -0.39 is 0 Å². The van der Waals surface area contributed by atoms with Crippen molar-refractivity contribution in [3.05, 3.63) is 42.4 Å². The summed E-state index contributed by atoms with van der Waals surface area (Å²) in [6.45, 7) is 0. The monoisotopic (exact) mass is 148 g/mol. The third-order valence-electron chi connectivity index (χ3n) is 1.55. The van der Waals surface area contributed by atoms with Gasteiger partial charge in [-0.15, -0.1) is 0 Å². The van der Waals surface area contributed by atoms with Crippen LogP contribution < -0.4 is 0 Å². The molecule has 1 atom stereocenters. The second-order valence-corrected chi connectivity index (χ2v) is 2.30. The molecule has 0 aliphatic carbocycles. The van der Waals surface area contributed by atoms with Crippen molar-refractivity contribution in [1.82, 2.24) is 10.2 Å². The summed E-state index contributed by atoms with van der Waals surface area (Å²) in [5.74, 6) is 0. The third-order valence-corrected chi connectivity index (χ3v) is 1.55. The molecule has 1 N–H and O–H groups in total. The van der Waals surface area contributed by atoms with Crippen LogP contribution in [0.15, 0.2) is 36.9 Å². The molecule has 1 aliphatic rings. The van der Waals surface area contributed by atoms with Gasteiger partial charge in [0.1, 0.15) is 6.10 Å². The summed E-state index contributed by atoms with van der Waals surface area (Å²) in [6.07, 6.45) is 11.1. The topological polar surface area (TPSA) is 37.9 Å². The van der Waals surface area contributed by atoms with Gasteiger partial charge in [-0.2, -0.15) is 5.10 Å². The molecule has 3 nitrogen and oxygen atoms in total. The molecule has 0 saturated heterocycles. The van der Waals surface area contributed by atoms with Crippen LogP contribution in [0, 0.1) is 0 Å². The van der Waals surface area contributed by atoms with Gasteiger partial charge in [0.2, 0.25) is 0 Å². The maximum absolute atomic E-state index is 5.29. The van der Waals surface area contributed by atoms with Gasteiger partial charge in [-0.05, 0) is 12.2 Å². The Bertz CT molecular complexity index is 274. The predicted molar refractivity (Wildman–Crippen MR) is 40.7 cm³/mol. The Hall–Kier alpha value is -1.51. The minimum atomic E-state index is 0.0266. The zero-order chi connectivity index (χ0) is 7.52. The van der Waals surface area contributed by atoms with Crippen LogP contribution in [0.2, 0.25) is 0 Å². The minimum absolute atomic E-state index is 0.0266. The lowest BCUT2D eigenvalue weighted by Gasteiger charge is -2.12. The molecule has 0 saturated carbocycles. The zero-order valence-corrected chi connectivity index (χ0v) is 5.90. The minimum Gasteiger partial charge on any atom is -0.489 e. The van der Waals surface area contributed by atoms with Crippen LogP contribution in [0.4, 0.5) is 0 Å². The standard InChI is InChI=1S/C8H8N2O/c1-2-4-11-8(3-1)7-5-9-10-6-7/h1-6,8H,(H,9,10). The number of aromatic nitrogens is 2. The Morgan fingerprint density at radius 2 is 2.45 bits per heavy atom. The summed E-state index contributed by atoms with van der Waals surface area (Å²) in [4.78, 5) is 0. The Balaban J connectivity index is 2.19. The number of rotatable bonds is 1. The number of hydrogen-bond acceptors (Lipinski definition) is 2. The highest BCUT2D eigenvalue weighted by Crippen LogP contribution is 2.19. The Morgan fingerprint density at radius 1 is 1.45 bits per heavy atom. The highest BCUT2D eigenvalue weighted by Gasteiger charge is 2.09. The molecule has 0 fully saturated rings. The molecule has 1 aromatic rings. The average Bonchev–Trinajstić information content (AvgIpc) is 2.58. The summed E-state index contributed by atoms with van der Waals surface area (Å²) in [6, 6.07) is 0. The van der Waals surface area contributed by atoms with E-state index in [1.54, 1.807) is 12.5 Å². The smallest absolute Gasteiger partial charge is 0.144 e. The first-order chi connectivity index (χ1) is 5.47. The number of hydrogen-bond donors (Lipinski definition) is 1. The fourth-order valence-electron chi connectivity index (χ4n) is 0.992. The van der Waals surface area contributed by atoms with Gasteiger partial charge in [-0.25, -0.2) is 0 Å². The molecule has 0 aromatic carbocycles. The lowest BCUT2D eigenvalue weighted by atomic mass is 10.2. The van der Waals surface area contributed by atoms with Gasteiger partial charge < -0.3 is 4.74 Å². The van der Waals surface area contributed by atoms with E-state index in [0.717, 1.165) is 5.56 Å². The van der Waals surface area contributed by atoms with Gasteiger partial charge in [0.25, 0.3) is 0 Å². The number of allylic oxidation sites excluding steroid dienone is 2. The van der Waals surface area contributed by atoms with E-state index in [1.165, 1.54) is 0 Å².